The Hall–Kier alpha value is -1.90. The van der Waals surface area contributed by atoms with Gasteiger partial charge < -0.3 is 4.74 Å². The molecule has 3 heteroatoms. The van der Waals surface area contributed by atoms with Crippen molar-refractivity contribution in [3.8, 4) is 5.75 Å². The maximum atomic E-state index is 5.65. The van der Waals surface area contributed by atoms with Crippen molar-refractivity contribution in [2.75, 3.05) is 5.43 Å². The molecular weight excluding hydrogens is 176 g/mol. The highest BCUT2D eigenvalue weighted by molar-refractivity contribution is 5.58. The van der Waals surface area contributed by atoms with Crippen LogP contribution in [0.2, 0.25) is 0 Å². The van der Waals surface area contributed by atoms with Gasteiger partial charge in [-0.05, 0) is 12.1 Å². The number of benzene rings is 1. The molecule has 0 saturated carbocycles. The minimum Gasteiger partial charge on any atom is -0.437 e. The zero-order chi connectivity index (χ0) is 9.38. The van der Waals surface area contributed by atoms with Crippen molar-refractivity contribution in [2.24, 2.45) is 0 Å². The summed E-state index contributed by atoms with van der Waals surface area (Å²) in [6, 6.07) is 7.80. The van der Waals surface area contributed by atoms with Crippen molar-refractivity contribution in [1.82, 2.24) is 5.01 Å². The molecule has 0 fully saturated rings. The van der Waals surface area contributed by atoms with Gasteiger partial charge in [0.15, 0.2) is 5.75 Å². The summed E-state index contributed by atoms with van der Waals surface area (Å²) in [5, 5.41) is 1.72. The van der Waals surface area contributed by atoms with E-state index in [1.807, 2.05) is 42.5 Å². The molecule has 0 spiro atoms. The molecule has 0 bridgehead atoms. The van der Waals surface area contributed by atoms with Crippen LogP contribution in [-0.4, -0.2) is 5.01 Å². The van der Waals surface area contributed by atoms with Gasteiger partial charge in [0.1, 0.15) is 6.54 Å². The summed E-state index contributed by atoms with van der Waals surface area (Å²) in [6.07, 6.45) is 5.61. The maximum Gasteiger partial charge on any atom is 0.215 e. The first-order valence-corrected chi connectivity index (χ1v) is 4.40. The van der Waals surface area contributed by atoms with Crippen LogP contribution in [0.5, 0.6) is 5.75 Å². The van der Waals surface area contributed by atoms with Crippen LogP contribution >= 0.6 is 0 Å². The van der Waals surface area contributed by atoms with Crippen LogP contribution in [0.3, 0.4) is 0 Å². The summed E-state index contributed by atoms with van der Waals surface area (Å²) in [6.45, 7) is 3.01. The second kappa shape index (κ2) is 2.80. The Bertz CT molecular complexity index is 423. The van der Waals surface area contributed by atoms with Gasteiger partial charge in [-0.2, -0.15) is 0 Å². The highest BCUT2D eigenvalue weighted by Crippen LogP contribution is 2.33. The number of fused-ring (bicyclic) bond motifs is 2. The van der Waals surface area contributed by atoms with E-state index in [4.69, 9.17) is 4.74 Å². The number of hydrogen-bond donors (Lipinski definition) is 1. The number of hydrogen-bond acceptors (Lipinski definition) is 3. The predicted molar refractivity (Wildman–Crippen MR) is 53.0 cm³/mol. The summed E-state index contributed by atoms with van der Waals surface area (Å²) in [5.41, 5.74) is 4.13. The van der Waals surface area contributed by atoms with Crippen LogP contribution in [-0.2, 0) is 0 Å². The normalized spacial score (nSPS) is 17.4. The molecule has 68 valence electrons. The molecule has 1 aromatic rings. The fourth-order valence-corrected chi connectivity index (χ4v) is 1.43. The summed E-state index contributed by atoms with van der Waals surface area (Å²) in [5.74, 6) is 1.58. The Kier molecular flexibility index (Phi) is 1.50. The number of allylic oxidation sites excluding steroid dienone is 2. The van der Waals surface area contributed by atoms with Crippen LogP contribution in [0.1, 0.15) is 0 Å². The van der Waals surface area contributed by atoms with Crippen molar-refractivity contribution in [3.63, 3.8) is 0 Å². The van der Waals surface area contributed by atoms with Gasteiger partial charge in [0, 0.05) is 6.08 Å². The van der Waals surface area contributed by atoms with E-state index in [2.05, 4.69) is 12.0 Å². The maximum absolute atomic E-state index is 5.65. The average molecular weight is 184 g/mol. The van der Waals surface area contributed by atoms with Crippen molar-refractivity contribution >= 4 is 5.69 Å². The van der Waals surface area contributed by atoms with E-state index < -0.39 is 0 Å². The standard InChI is InChI=1S/C11H8N2O/c1-2-6-10-9(5-1)12-13-8-4-3-7-11(13)14-10/h1-7,12H. The lowest BCUT2D eigenvalue weighted by Crippen LogP contribution is -2.33. The third-order valence-corrected chi connectivity index (χ3v) is 2.09. The second-order valence-electron chi connectivity index (χ2n) is 3.04. The molecule has 0 unspecified atom stereocenters. The molecule has 2 aliphatic rings. The number of nitrogens with zero attached hydrogens (tertiary/aromatic N) is 1. The fourth-order valence-electron chi connectivity index (χ4n) is 1.43. The molecule has 2 radical (unpaired) electrons. The van der Waals surface area contributed by atoms with Gasteiger partial charge in [0.2, 0.25) is 5.88 Å². The Morgan fingerprint density at radius 3 is 3.21 bits per heavy atom. The smallest absolute Gasteiger partial charge is 0.215 e. The predicted octanol–water partition coefficient (Wildman–Crippen LogP) is 2.16. The molecular formula is C11H8N2O. The van der Waals surface area contributed by atoms with Gasteiger partial charge in [0.25, 0.3) is 0 Å². The molecule has 0 aromatic heterocycles. The Balaban J connectivity index is 2.03. The highest BCUT2D eigenvalue weighted by atomic mass is 16.5. The Morgan fingerprint density at radius 1 is 1.29 bits per heavy atom. The third kappa shape index (κ3) is 1.06. The Labute approximate surface area is 82.3 Å². The number of ether oxygens (including phenoxy) is 1. The van der Waals surface area contributed by atoms with Crippen LogP contribution in [0.15, 0.2) is 48.4 Å². The summed E-state index contributed by atoms with van der Waals surface area (Å²) in [7, 11) is 0. The molecule has 1 N–H and O–H groups in total. The van der Waals surface area contributed by atoms with Crippen LogP contribution in [0, 0.1) is 6.54 Å². The minimum absolute atomic E-state index is 0.742. The SMILES string of the molecule is [C]1C=CC=C2Oc3ccccc3NN12. The lowest BCUT2D eigenvalue weighted by Gasteiger charge is -2.32. The first-order valence-electron chi connectivity index (χ1n) is 4.40. The van der Waals surface area contributed by atoms with E-state index in [0.717, 1.165) is 17.3 Å². The van der Waals surface area contributed by atoms with Crippen molar-refractivity contribution in [2.45, 2.75) is 0 Å². The van der Waals surface area contributed by atoms with Crippen molar-refractivity contribution in [3.05, 3.63) is 54.9 Å². The van der Waals surface area contributed by atoms with Crippen molar-refractivity contribution in [1.29, 1.82) is 0 Å². The summed E-state index contributed by atoms with van der Waals surface area (Å²) >= 11 is 0. The topological polar surface area (TPSA) is 24.5 Å². The molecule has 0 atom stereocenters. The first kappa shape index (κ1) is 7.50. The average Bonchev–Trinajstić information content (AvgIpc) is 2.26. The highest BCUT2D eigenvalue weighted by Gasteiger charge is 2.21. The van der Waals surface area contributed by atoms with E-state index in [1.54, 1.807) is 5.01 Å². The minimum atomic E-state index is 0.742. The van der Waals surface area contributed by atoms with Crippen LogP contribution < -0.4 is 10.2 Å². The summed E-state index contributed by atoms with van der Waals surface area (Å²) in [4.78, 5) is 0. The monoisotopic (exact) mass is 184 g/mol. The van der Waals surface area contributed by atoms with Crippen molar-refractivity contribution < 1.29 is 4.74 Å². The largest absolute Gasteiger partial charge is 0.437 e. The van der Waals surface area contributed by atoms with E-state index in [0.29, 0.717) is 0 Å². The lowest BCUT2D eigenvalue weighted by atomic mass is 10.2. The number of anilines is 1. The fraction of sp³-hybridized carbons (Fsp3) is 0. The molecule has 14 heavy (non-hydrogen) atoms. The molecule has 3 rings (SSSR count). The zero-order valence-electron chi connectivity index (χ0n) is 7.40. The van der Waals surface area contributed by atoms with Crippen LogP contribution in [0.4, 0.5) is 5.69 Å². The van der Waals surface area contributed by atoms with E-state index in [9.17, 15) is 0 Å². The first-order chi connectivity index (χ1) is 6.93. The third-order valence-electron chi connectivity index (χ3n) is 2.09. The second-order valence-corrected chi connectivity index (χ2v) is 3.04. The van der Waals surface area contributed by atoms with Crippen LogP contribution in [0.25, 0.3) is 0 Å². The lowest BCUT2D eigenvalue weighted by molar-refractivity contribution is 0.264. The quantitative estimate of drug-likeness (QED) is 0.668. The zero-order valence-corrected chi connectivity index (χ0v) is 7.40. The number of nitrogens with one attached hydrogen (secondary N) is 1. The molecule has 2 aliphatic heterocycles. The van der Waals surface area contributed by atoms with E-state index in [1.165, 1.54) is 0 Å². The number of para-hydroxylation sites is 2. The molecule has 0 saturated heterocycles. The number of rotatable bonds is 0. The van der Waals surface area contributed by atoms with Gasteiger partial charge in [-0.25, -0.2) is 5.01 Å². The molecule has 0 amide bonds. The van der Waals surface area contributed by atoms with Gasteiger partial charge in [0.05, 0.1) is 5.69 Å². The molecule has 1 aromatic carbocycles. The van der Waals surface area contributed by atoms with Gasteiger partial charge in [-0.3, -0.25) is 5.43 Å². The van der Waals surface area contributed by atoms with Gasteiger partial charge in [-0.15, -0.1) is 0 Å². The summed E-state index contributed by atoms with van der Waals surface area (Å²) < 4.78 is 5.65. The van der Waals surface area contributed by atoms with Gasteiger partial charge >= 0.3 is 0 Å². The molecule has 2 heterocycles. The van der Waals surface area contributed by atoms with E-state index >= 15 is 0 Å². The Morgan fingerprint density at radius 2 is 2.21 bits per heavy atom. The van der Waals surface area contributed by atoms with E-state index in [-0.39, 0.29) is 0 Å². The number of hydrazine groups is 1. The molecule has 3 nitrogen and oxygen atoms in total. The molecule has 0 aliphatic carbocycles. The van der Waals surface area contributed by atoms with Gasteiger partial charge in [-0.1, -0.05) is 24.3 Å².